The van der Waals surface area contributed by atoms with E-state index in [1.165, 1.54) is 13.8 Å². The summed E-state index contributed by atoms with van der Waals surface area (Å²) in [5, 5.41) is 1.92. The average molecular weight is 286 g/mol. The van der Waals surface area contributed by atoms with E-state index in [1.807, 2.05) is 26.0 Å². The molecule has 0 N–H and O–H groups in total. The number of esters is 2. The highest BCUT2D eigenvalue weighted by Crippen LogP contribution is 2.35. The first kappa shape index (κ1) is 15.0. The molecule has 0 aliphatic carbocycles. The predicted octanol–water partition coefficient (Wildman–Crippen LogP) is 3.81. The summed E-state index contributed by atoms with van der Waals surface area (Å²) in [6.45, 7) is 6.84. The average Bonchev–Trinajstić information content (AvgIpc) is 2.36. The summed E-state index contributed by atoms with van der Waals surface area (Å²) in [6, 6.07) is 9.06. The zero-order valence-electron chi connectivity index (χ0n) is 12.6. The van der Waals surface area contributed by atoms with Crippen LogP contribution >= 0.6 is 0 Å². The highest BCUT2D eigenvalue weighted by Gasteiger charge is 2.14. The molecule has 0 saturated carbocycles. The normalized spacial score (nSPS) is 10.7. The molecule has 4 heteroatoms. The quantitative estimate of drug-likeness (QED) is 0.636. The van der Waals surface area contributed by atoms with Crippen LogP contribution in [0.2, 0.25) is 0 Å². The Morgan fingerprint density at radius 1 is 0.952 bits per heavy atom. The summed E-state index contributed by atoms with van der Waals surface area (Å²) in [7, 11) is 0. The summed E-state index contributed by atoms with van der Waals surface area (Å²) >= 11 is 0. The Morgan fingerprint density at radius 3 is 2.19 bits per heavy atom. The van der Waals surface area contributed by atoms with Crippen LogP contribution in [0.25, 0.3) is 10.8 Å². The summed E-state index contributed by atoms with van der Waals surface area (Å²) in [5.74, 6) is 0.584. The second-order valence-corrected chi connectivity index (χ2v) is 5.20. The van der Waals surface area contributed by atoms with Crippen LogP contribution in [-0.4, -0.2) is 11.9 Å². The van der Waals surface area contributed by atoms with Gasteiger partial charge >= 0.3 is 11.9 Å². The third-order valence-electron chi connectivity index (χ3n) is 3.09. The third-order valence-corrected chi connectivity index (χ3v) is 3.09. The molecule has 0 aromatic heterocycles. The Labute approximate surface area is 123 Å². The zero-order chi connectivity index (χ0) is 15.6. The van der Waals surface area contributed by atoms with E-state index in [2.05, 4.69) is 0 Å². The van der Waals surface area contributed by atoms with Gasteiger partial charge < -0.3 is 9.47 Å². The van der Waals surface area contributed by atoms with Crippen LogP contribution in [-0.2, 0) is 9.59 Å². The van der Waals surface area contributed by atoms with Gasteiger partial charge in [-0.05, 0) is 34.9 Å². The van der Waals surface area contributed by atoms with Gasteiger partial charge in [-0.3, -0.25) is 9.59 Å². The number of rotatable bonds is 3. The minimum Gasteiger partial charge on any atom is -0.427 e. The standard InChI is InChI=1S/C17H18O4/c1-10(2)17-15-7-6-14(20-11(3)18)9-13(15)5-8-16(17)21-12(4)19/h5-10H,1-4H3. The number of fused-ring (bicyclic) bond motifs is 1. The SMILES string of the molecule is CC(=O)Oc1ccc2c(C(C)C)c(OC(C)=O)ccc2c1. The number of benzene rings is 2. The number of hydrogen-bond donors (Lipinski definition) is 0. The van der Waals surface area contributed by atoms with E-state index < -0.39 is 0 Å². The largest absolute Gasteiger partial charge is 0.427 e. The maximum atomic E-state index is 11.2. The number of ether oxygens (including phenoxy) is 2. The molecule has 0 amide bonds. The summed E-state index contributed by atoms with van der Waals surface area (Å²) in [6.07, 6.45) is 0. The molecule has 0 saturated heterocycles. The van der Waals surface area contributed by atoms with Crippen molar-refractivity contribution in [2.45, 2.75) is 33.6 Å². The monoisotopic (exact) mass is 286 g/mol. The first-order chi connectivity index (χ1) is 9.88. The van der Waals surface area contributed by atoms with Gasteiger partial charge in [0.05, 0.1) is 0 Å². The fourth-order valence-electron chi connectivity index (χ4n) is 2.38. The molecule has 0 fully saturated rings. The van der Waals surface area contributed by atoms with Crippen molar-refractivity contribution in [3.8, 4) is 11.5 Å². The van der Waals surface area contributed by atoms with Crippen molar-refractivity contribution in [1.29, 1.82) is 0 Å². The Bertz CT molecular complexity index is 701. The molecule has 4 nitrogen and oxygen atoms in total. The predicted molar refractivity (Wildman–Crippen MR) is 80.7 cm³/mol. The molecule has 0 heterocycles. The van der Waals surface area contributed by atoms with Crippen LogP contribution in [0, 0.1) is 0 Å². The van der Waals surface area contributed by atoms with Crippen LogP contribution in [0.4, 0.5) is 0 Å². The molecule has 2 aromatic rings. The molecule has 2 aromatic carbocycles. The second-order valence-electron chi connectivity index (χ2n) is 5.20. The van der Waals surface area contributed by atoms with Gasteiger partial charge in [0.2, 0.25) is 0 Å². The first-order valence-corrected chi connectivity index (χ1v) is 6.82. The van der Waals surface area contributed by atoms with E-state index in [9.17, 15) is 9.59 Å². The second kappa shape index (κ2) is 5.95. The Hall–Kier alpha value is -2.36. The lowest BCUT2D eigenvalue weighted by atomic mass is 9.95. The van der Waals surface area contributed by atoms with Crippen LogP contribution in [0.5, 0.6) is 11.5 Å². The van der Waals surface area contributed by atoms with Crippen LogP contribution in [0.15, 0.2) is 30.3 Å². The summed E-state index contributed by atoms with van der Waals surface area (Å²) in [5.41, 5.74) is 0.970. The maximum Gasteiger partial charge on any atom is 0.308 e. The zero-order valence-corrected chi connectivity index (χ0v) is 12.6. The topological polar surface area (TPSA) is 52.6 Å². The van der Waals surface area contributed by atoms with Crippen LogP contribution in [0.1, 0.15) is 39.2 Å². The van der Waals surface area contributed by atoms with Crippen molar-refractivity contribution in [3.05, 3.63) is 35.9 Å². The minimum absolute atomic E-state index is 0.197. The third kappa shape index (κ3) is 3.40. The molecule has 110 valence electrons. The fourth-order valence-corrected chi connectivity index (χ4v) is 2.38. The van der Waals surface area contributed by atoms with E-state index in [1.54, 1.807) is 18.2 Å². The molecule has 21 heavy (non-hydrogen) atoms. The van der Waals surface area contributed by atoms with Crippen molar-refractivity contribution < 1.29 is 19.1 Å². The van der Waals surface area contributed by atoms with Crippen molar-refractivity contribution in [1.82, 2.24) is 0 Å². The van der Waals surface area contributed by atoms with Crippen molar-refractivity contribution in [3.63, 3.8) is 0 Å². The van der Waals surface area contributed by atoms with Crippen LogP contribution < -0.4 is 9.47 Å². The molecule has 0 atom stereocenters. The van der Waals surface area contributed by atoms with E-state index >= 15 is 0 Å². The van der Waals surface area contributed by atoms with E-state index in [4.69, 9.17) is 9.47 Å². The van der Waals surface area contributed by atoms with Crippen molar-refractivity contribution >= 4 is 22.7 Å². The van der Waals surface area contributed by atoms with Gasteiger partial charge in [0.25, 0.3) is 0 Å². The molecule has 2 rings (SSSR count). The van der Waals surface area contributed by atoms with Crippen molar-refractivity contribution in [2.24, 2.45) is 0 Å². The van der Waals surface area contributed by atoms with Gasteiger partial charge in [-0.25, -0.2) is 0 Å². The van der Waals surface area contributed by atoms with Gasteiger partial charge in [0.15, 0.2) is 0 Å². The summed E-state index contributed by atoms with van der Waals surface area (Å²) in [4.78, 5) is 22.2. The molecule has 0 bridgehead atoms. The molecule has 0 spiro atoms. The number of carbonyl (C=O) groups is 2. The van der Waals surface area contributed by atoms with Crippen molar-refractivity contribution in [2.75, 3.05) is 0 Å². The lowest BCUT2D eigenvalue weighted by Gasteiger charge is -2.16. The van der Waals surface area contributed by atoms with E-state index in [0.717, 1.165) is 16.3 Å². The Kier molecular flexibility index (Phi) is 4.26. The molecular weight excluding hydrogens is 268 g/mol. The smallest absolute Gasteiger partial charge is 0.308 e. The molecule has 0 radical (unpaired) electrons. The molecule has 0 aliphatic heterocycles. The van der Waals surface area contributed by atoms with Gasteiger partial charge in [0.1, 0.15) is 11.5 Å². The number of carbonyl (C=O) groups excluding carboxylic acids is 2. The number of hydrogen-bond acceptors (Lipinski definition) is 4. The minimum atomic E-state index is -0.352. The first-order valence-electron chi connectivity index (χ1n) is 6.82. The lowest BCUT2D eigenvalue weighted by Crippen LogP contribution is -2.05. The maximum absolute atomic E-state index is 11.2. The molecule has 0 unspecified atom stereocenters. The lowest BCUT2D eigenvalue weighted by molar-refractivity contribution is -0.132. The van der Waals surface area contributed by atoms with E-state index in [-0.39, 0.29) is 17.9 Å². The highest BCUT2D eigenvalue weighted by molar-refractivity contribution is 5.90. The Balaban J connectivity index is 2.58. The van der Waals surface area contributed by atoms with Gasteiger partial charge in [0, 0.05) is 19.4 Å². The Morgan fingerprint density at radius 2 is 1.62 bits per heavy atom. The van der Waals surface area contributed by atoms with E-state index in [0.29, 0.717) is 11.5 Å². The van der Waals surface area contributed by atoms with Gasteiger partial charge in [-0.2, -0.15) is 0 Å². The van der Waals surface area contributed by atoms with Crippen LogP contribution in [0.3, 0.4) is 0 Å². The molecule has 0 aliphatic rings. The van der Waals surface area contributed by atoms with Gasteiger partial charge in [-0.1, -0.05) is 26.0 Å². The van der Waals surface area contributed by atoms with Gasteiger partial charge in [-0.15, -0.1) is 0 Å². The summed E-state index contributed by atoms with van der Waals surface area (Å²) < 4.78 is 10.4. The fraction of sp³-hybridized carbons (Fsp3) is 0.294. The molecular formula is C17H18O4. The highest BCUT2D eigenvalue weighted by atomic mass is 16.5.